The molecule has 0 saturated heterocycles. The summed E-state index contributed by atoms with van der Waals surface area (Å²) in [5.41, 5.74) is 6.73. The number of nitrogens with one attached hydrogen (secondary N) is 1. The molecule has 0 radical (unpaired) electrons. The fourth-order valence-corrected chi connectivity index (χ4v) is 1.46. The fraction of sp³-hybridized carbons (Fsp3) is 0.667. The van der Waals surface area contributed by atoms with Crippen LogP contribution in [0.25, 0.3) is 0 Å². The molecule has 1 aromatic rings. The predicted octanol–water partition coefficient (Wildman–Crippen LogP) is 0.452. The summed E-state index contributed by atoms with van der Waals surface area (Å²) in [6, 6.07) is 1.46. The maximum Gasteiger partial charge on any atom is 0.237 e. The smallest absolute Gasteiger partial charge is 0.237 e. The van der Waals surface area contributed by atoms with E-state index in [2.05, 4.69) is 10.4 Å². The van der Waals surface area contributed by atoms with Crippen LogP contribution in [0.5, 0.6) is 0 Å². The van der Waals surface area contributed by atoms with E-state index in [9.17, 15) is 4.79 Å². The molecule has 0 aliphatic rings. The van der Waals surface area contributed by atoms with Gasteiger partial charge in [-0.3, -0.25) is 9.48 Å². The quantitative estimate of drug-likeness (QED) is 0.800. The monoisotopic (exact) mass is 238 g/mol. The number of carbonyl (C=O) groups is 1. The molecule has 17 heavy (non-hydrogen) atoms. The summed E-state index contributed by atoms with van der Waals surface area (Å²) >= 11 is 0. The van der Waals surface area contributed by atoms with Crippen molar-refractivity contribution in [3.63, 3.8) is 0 Å². The molecule has 5 heteroatoms. The van der Waals surface area contributed by atoms with Crippen LogP contribution >= 0.6 is 0 Å². The molecule has 1 heterocycles. The Morgan fingerprint density at radius 3 is 2.71 bits per heavy atom. The van der Waals surface area contributed by atoms with Gasteiger partial charge in [0.15, 0.2) is 0 Å². The van der Waals surface area contributed by atoms with Crippen LogP contribution in [0.4, 0.5) is 0 Å². The molecule has 0 aliphatic carbocycles. The first-order valence-electron chi connectivity index (χ1n) is 5.82. The first-order chi connectivity index (χ1) is 7.82. The van der Waals surface area contributed by atoms with Crippen molar-refractivity contribution in [3.8, 4) is 0 Å². The molecule has 1 amide bonds. The number of aromatic nitrogens is 2. The van der Waals surface area contributed by atoms with E-state index in [0.717, 1.165) is 12.1 Å². The van der Waals surface area contributed by atoms with Gasteiger partial charge in [-0.25, -0.2) is 0 Å². The molecule has 0 bridgehead atoms. The summed E-state index contributed by atoms with van der Waals surface area (Å²) in [7, 11) is 1.89. The minimum atomic E-state index is -0.478. The van der Waals surface area contributed by atoms with E-state index in [0.29, 0.717) is 6.54 Å². The number of hydrogen-bond donors (Lipinski definition) is 2. The highest BCUT2D eigenvalue weighted by atomic mass is 16.2. The molecule has 1 rings (SSSR count). The Morgan fingerprint density at radius 2 is 2.24 bits per heavy atom. The van der Waals surface area contributed by atoms with E-state index >= 15 is 0 Å². The van der Waals surface area contributed by atoms with Gasteiger partial charge in [0.05, 0.1) is 6.04 Å². The van der Waals surface area contributed by atoms with Gasteiger partial charge in [0.1, 0.15) is 0 Å². The molecule has 0 saturated carbocycles. The predicted molar refractivity (Wildman–Crippen MR) is 67.4 cm³/mol. The fourth-order valence-electron chi connectivity index (χ4n) is 1.46. The van der Waals surface area contributed by atoms with E-state index in [1.165, 1.54) is 0 Å². The number of nitrogens with two attached hydrogens (primary N) is 1. The summed E-state index contributed by atoms with van der Waals surface area (Å²) in [6.45, 7) is 6.46. The number of amides is 1. The van der Waals surface area contributed by atoms with Crippen molar-refractivity contribution in [2.24, 2.45) is 18.2 Å². The number of hydrogen-bond acceptors (Lipinski definition) is 3. The van der Waals surface area contributed by atoms with Gasteiger partial charge < -0.3 is 11.1 Å². The lowest BCUT2D eigenvalue weighted by atomic mass is 9.87. The SMILES string of the molecule is Cn1nccc1CCNC(=O)C(N)C(C)(C)C. The molecule has 0 fully saturated rings. The number of rotatable bonds is 4. The molecular weight excluding hydrogens is 216 g/mol. The Labute approximate surface area is 102 Å². The van der Waals surface area contributed by atoms with Crippen molar-refractivity contribution < 1.29 is 4.79 Å². The van der Waals surface area contributed by atoms with Gasteiger partial charge >= 0.3 is 0 Å². The average molecular weight is 238 g/mol. The Kier molecular flexibility index (Phi) is 4.28. The van der Waals surface area contributed by atoms with Gasteiger partial charge in [0.2, 0.25) is 5.91 Å². The van der Waals surface area contributed by atoms with Crippen LogP contribution in [0.2, 0.25) is 0 Å². The van der Waals surface area contributed by atoms with Gasteiger partial charge in [0, 0.05) is 31.9 Å². The van der Waals surface area contributed by atoms with Crippen LogP contribution in [0, 0.1) is 5.41 Å². The Hall–Kier alpha value is -1.36. The topological polar surface area (TPSA) is 72.9 Å². The molecule has 0 spiro atoms. The maximum absolute atomic E-state index is 11.7. The Morgan fingerprint density at radius 1 is 1.59 bits per heavy atom. The maximum atomic E-state index is 11.7. The van der Waals surface area contributed by atoms with Gasteiger partial charge in [-0.1, -0.05) is 20.8 Å². The van der Waals surface area contributed by atoms with Crippen LogP contribution in [-0.2, 0) is 18.3 Å². The largest absolute Gasteiger partial charge is 0.354 e. The number of carbonyl (C=O) groups excluding carboxylic acids is 1. The van der Waals surface area contributed by atoms with Gasteiger partial charge in [-0.15, -0.1) is 0 Å². The van der Waals surface area contributed by atoms with Crippen molar-refractivity contribution in [2.45, 2.75) is 33.2 Å². The van der Waals surface area contributed by atoms with Gasteiger partial charge in [-0.05, 0) is 11.5 Å². The summed E-state index contributed by atoms with van der Waals surface area (Å²) < 4.78 is 1.80. The van der Waals surface area contributed by atoms with E-state index in [-0.39, 0.29) is 11.3 Å². The number of nitrogens with zero attached hydrogens (tertiary/aromatic N) is 2. The second kappa shape index (κ2) is 5.31. The summed E-state index contributed by atoms with van der Waals surface area (Å²) in [5, 5.41) is 6.92. The highest BCUT2D eigenvalue weighted by molar-refractivity contribution is 5.82. The summed E-state index contributed by atoms with van der Waals surface area (Å²) in [6.07, 6.45) is 2.51. The zero-order valence-corrected chi connectivity index (χ0v) is 11.0. The molecular formula is C12H22N4O. The molecule has 0 aliphatic heterocycles. The minimum Gasteiger partial charge on any atom is -0.354 e. The molecule has 5 nitrogen and oxygen atoms in total. The first-order valence-corrected chi connectivity index (χ1v) is 5.82. The summed E-state index contributed by atoms with van der Waals surface area (Å²) in [5.74, 6) is -0.0975. The molecule has 1 unspecified atom stereocenters. The third kappa shape index (κ3) is 3.85. The van der Waals surface area contributed by atoms with Crippen molar-refractivity contribution >= 4 is 5.91 Å². The van der Waals surface area contributed by atoms with E-state index in [1.54, 1.807) is 10.9 Å². The van der Waals surface area contributed by atoms with E-state index in [1.807, 2.05) is 33.9 Å². The van der Waals surface area contributed by atoms with Crippen LogP contribution in [0.3, 0.4) is 0 Å². The van der Waals surface area contributed by atoms with Crippen LogP contribution < -0.4 is 11.1 Å². The van der Waals surface area contributed by atoms with Crippen LogP contribution in [0.1, 0.15) is 26.5 Å². The van der Waals surface area contributed by atoms with Crippen LogP contribution in [0.15, 0.2) is 12.3 Å². The van der Waals surface area contributed by atoms with E-state index in [4.69, 9.17) is 5.73 Å². The first kappa shape index (κ1) is 13.7. The highest BCUT2D eigenvalue weighted by Gasteiger charge is 2.26. The minimum absolute atomic E-state index is 0.0975. The Bertz CT molecular complexity index is 378. The number of aryl methyl sites for hydroxylation is 1. The normalized spacial score (nSPS) is 13.5. The lowest BCUT2D eigenvalue weighted by Gasteiger charge is -2.25. The van der Waals surface area contributed by atoms with Crippen molar-refractivity contribution in [3.05, 3.63) is 18.0 Å². The third-order valence-corrected chi connectivity index (χ3v) is 2.82. The van der Waals surface area contributed by atoms with Gasteiger partial charge in [0.25, 0.3) is 0 Å². The zero-order chi connectivity index (χ0) is 13.1. The molecule has 1 atom stereocenters. The van der Waals surface area contributed by atoms with Crippen molar-refractivity contribution in [1.29, 1.82) is 0 Å². The second-order valence-electron chi connectivity index (χ2n) is 5.33. The summed E-state index contributed by atoms with van der Waals surface area (Å²) in [4.78, 5) is 11.7. The molecule has 96 valence electrons. The second-order valence-corrected chi connectivity index (χ2v) is 5.33. The lowest BCUT2D eigenvalue weighted by Crippen LogP contribution is -2.49. The van der Waals surface area contributed by atoms with Gasteiger partial charge in [-0.2, -0.15) is 5.10 Å². The van der Waals surface area contributed by atoms with Crippen molar-refractivity contribution in [2.75, 3.05) is 6.54 Å². The Balaban J connectivity index is 2.37. The third-order valence-electron chi connectivity index (χ3n) is 2.82. The molecule has 3 N–H and O–H groups in total. The van der Waals surface area contributed by atoms with Crippen LogP contribution in [-0.4, -0.2) is 28.3 Å². The molecule has 0 aromatic carbocycles. The van der Waals surface area contributed by atoms with E-state index < -0.39 is 6.04 Å². The standard InChI is InChI=1S/C12H22N4O/c1-12(2,3)10(13)11(17)14-7-5-9-6-8-15-16(9)4/h6,8,10H,5,7,13H2,1-4H3,(H,14,17). The zero-order valence-electron chi connectivity index (χ0n) is 11.0. The average Bonchev–Trinajstić information content (AvgIpc) is 2.62. The van der Waals surface area contributed by atoms with Crippen molar-refractivity contribution in [1.82, 2.24) is 15.1 Å². The lowest BCUT2D eigenvalue weighted by molar-refractivity contribution is -0.124. The molecule has 1 aromatic heterocycles. The highest BCUT2D eigenvalue weighted by Crippen LogP contribution is 2.17.